The smallest absolute Gasteiger partial charge is 0.338 e. The van der Waals surface area contributed by atoms with E-state index < -0.39 is 18.5 Å². The van der Waals surface area contributed by atoms with Crippen LogP contribution >= 0.6 is 0 Å². The van der Waals surface area contributed by atoms with Crippen LogP contribution in [0.1, 0.15) is 12.0 Å². The molecule has 2 aliphatic rings. The van der Waals surface area contributed by atoms with E-state index in [1.165, 1.54) is 0 Å². The third-order valence-corrected chi connectivity index (χ3v) is 4.26. The van der Waals surface area contributed by atoms with E-state index in [0.717, 1.165) is 12.0 Å². The van der Waals surface area contributed by atoms with Crippen LogP contribution in [0.3, 0.4) is 0 Å². The summed E-state index contributed by atoms with van der Waals surface area (Å²) in [5, 5.41) is 2.68. The van der Waals surface area contributed by atoms with Gasteiger partial charge in [0.1, 0.15) is 12.4 Å². The predicted molar refractivity (Wildman–Crippen MR) is 102 cm³/mol. The predicted octanol–water partition coefficient (Wildman–Crippen LogP) is 2.81. The zero-order valence-electron chi connectivity index (χ0n) is 15.1. The van der Waals surface area contributed by atoms with Crippen LogP contribution in [-0.2, 0) is 14.3 Å². The molecule has 7 heteroatoms. The summed E-state index contributed by atoms with van der Waals surface area (Å²) in [5.74, 6) is 0.914. The van der Waals surface area contributed by atoms with E-state index in [1.54, 1.807) is 24.3 Å². The highest BCUT2D eigenvalue weighted by Gasteiger charge is 2.19. The second kappa shape index (κ2) is 8.04. The number of amides is 1. The summed E-state index contributed by atoms with van der Waals surface area (Å²) in [7, 11) is 0. The Bertz CT molecular complexity index is 936. The molecule has 0 unspecified atom stereocenters. The summed E-state index contributed by atoms with van der Waals surface area (Å²) in [6.07, 6.45) is 2.51. The van der Waals surface area contributed by atoms with Crippen LogP contribution < -0.4 is 19.5 Å². The molecule has 2 aromatic rings. The number of rotatable bonds is 4. The van der Waals surface area contributed by atoms with Gasteiger partial charge in [-0.2, -0.15) is 0 Å². The number of benzene rings is 2. The van der Waals surface area contributed by atoms with Crippen molar-refractivity contribution in [2.75, 3.05) is 31.7 Å². The molecular weight excluding hydrogens is 362 g/mol. The van der Waals surface area contributed by atoms with Crippen molar-refractivity contribution in [1.29, 1.82) is 0 Å². The molecule has 2 aliphatic heterocycles. The average molecular weight is 381 g/mol. The quantitative estimate of drug-likeness (QED) is 0.820. The van der Waals surface area contributed by atoms with E-state index in [4.69, 9.17) is 18.9 Å². The Labute approximate surface area is 161 Å². The maximum atomic E-state index is 12.2. The number of ether oxygens (including phenoxy) is 4. The molecule has 0 fully saturated rings. The third kappa shape index (κ3) is 4.09. The summed E-state index contributed by atoms with van der Waals surface area (Å²) >= 11 is 0. The lowest BCUT2D eigenvalue weighted by atomic mass is 10.1. The molecule has 0 aliphatic carbocycles. The average Bonchev–Trinajstić information content (AvgIpc) is 2.96. The Kier molecular flexibility index (Phi) is 5.14. The molecule has 144 valence electrons. The number of carbonyl (C=O) groups excluding carboxylic acids is 2. The number of hydrogen-bond donors (Lipinski definition) is 1. The van der Waals surface area contributed by atoms with Crippen LogP contribution in [0.15, 0.2) is 48.0 Å². The summed E-state index contributed by atoms with van der Waals surface area (Å²) in [6, 6.07) is 12.5. The molecule has 28 heavy (non-hydrogen) atoms. The van der Waals surface area contributed by atoms with Gasteiger partial charge < -0.3 is 24.3 Å². The first-order chi connectivity index (χ1) is 13.7. The molecular formula is C21H19NO6. The first kappa shape index (κ1) is 17.9. The van der Waals surface area contributed by atoms with Crippen LogP contribution in [0, 0.1) is 0 Å². The molecule has 2 heterocycles. The Morgan fingerprint density at radius 1 is 0.964 bits per heavy atom. The number of anilines is 1. The highest BCUT2D eigenvalue weighted by molar-refractivity contribution is 5.98. The summed E-state index contributed by atoms with van der Waals surface area (Å²) in [5.41, 5.74) is 1.71. The molecule has 1 N–H and O–H groups in total. The zero-order chi connectivity index (χ0) is 19.3. The Morgan fingerprint density at radius 2 is 1.79 bits per heavy atom. The normalized spacial score (nSPS) is 14.6. The van der Waals surface area contributed by atoms with Gasteiger partial charge in [-0.25, -0.2) is 4.79 Å². The van der Waals surface area contributed by atoms with Crippen molar-refractivity contribution < 1.29 is 28.5 Å². The van der Waals surface area contributed by atoms with Crippen LogP contribution in [0.25, 0.3) is 6.08 Å². The molecule has 0 bridgehead atoms. The molecule has 4 rings (SSSR count). The van der Waals surface area contributed by atoms with Crippen LogP contribution in [-0.4, -0.2) is 38.3 Å². The SMILES string of the molecule is O=C(COC(=O)C1=Cc2ccccc2OC1)Nc1ccc2c(c1)OCCCO2. The van der Waals surface area contributed by atoms with E-state index in [1.807, 2.05) is 24.3 Å². The van der Waals surface area contributed by atoms with Crippen LogP contribution in [0.2, 0.25) is 0 Å². The standard InChI is InChI=1S/C21H19NO6/c23-20(22-16-6-7-18-19(11-16)26-9-3-8-25-18)13-28-21(24)15-10-14-4-1-2-5-17(14)27-12-15/h1-2,4-7,10-11H,3,8-9,12-13H2,(H,22,23). The lowest BCUT2D eigenvalue weighted by Gasteiger charge is -2.17. The van der Waals surface area contributed by atoms with Crippen LogP contribution in [0.4, 0.5) is 5.69 Å². The second-order valence-electron chi connectivity index (χ2n) is 6.33. The van der Waals surface area contributed by atoms with Gasteiger partial charge in [-0.1, -0.05) is 18.2 Å². The first-order valence-electron chi connectivity index (χ1n) is 8.98. The fraction of sp³-hybridized carbons (Fsp3) is 0.238. The molecule has 7 nitrogen and oxygen atoms in total. The minimum atomic E-state index is -0.580. The van der Waals surface area contributed by atoms with Gasteiger partial charge in [0.25, 0.3) is 5.91 Å². The third-order valence-electron chi connectivity index (χ3n) is 4.26. The maximum Gasteiger partial charge on any atom is 0.338 e. The van der Waals surface area contributed by atoms with Gasteiger partial charge in [0.05, 0.1) is 18.8 Å². The van der Waals surface area contributed by atoms with E-state index in [-0.39, 0.29) is 6.61 Å². The van der Waals surface area contributed by atoms with Gasteiger partial charge in [-0.15, -0.1) is 0 Å². The fourth-order valence-electron chi connectivity index (χ4n) is 2.90. The number of fused-ring (bicyclic) bond motifs is 2. The Balaban J connectivity index is 1.33. The van der Waals surface area contributed by atoms with E-state index >= 15 is 0 Å². The monoisotopic (exact) mass is 381 g/mol. The lowest BCUT2D eigenvalue weighted by molar-refractivity contribution is -0.143. The summed E-state index contributed by atoms with van der Waals surface area (Å²) < 4.78 is 21.8. The van der Waals surface area contributed by atoms with E-state index in [9.17, 15) is 9.59 Å². The van der Waals surface area contributed by atoms with Crippen molar-refractivity contribution in [3.63, 3.8) is 0 Å². The van der Waals surface area contributed by atoms with Gasteiger partial charge in [0.2, 0.25) is 0 Å². The van der Waals surface area contributed by atoms with Crippen molar-refractivity contribution >= 4 is 23.6 Å². The number of para-hydroxylation sites is 1. The zero-order valence-corrected chi connectivity index (χ0v) is 15.1. The molecule has 0 saturated heterocycles. The van der Waals surface area contributed by atoms with Crippen LogP contribution in [0.5, 0.6) is 17.2 Å². The number of esters is 1. The number of nitrogens with one attached hydrogen (secondary N) is 1. The van der Waals surface area contributed by atoms with Crippen molar-refractivity contribution in [1.82, 2.24) is 0 Å². The molecule has 0 saturated carbocycles. The van der Waals surface area contributed by atoms with Gasteiger partial charge in [-0.3, -0.25) is 4.79 Å². The molecule has 0 atom stereocenters. The largest absolute Gasteiger partial charge is 0.490 e. The van der Waals surface area contributed by atoms with Gasteiger partial charge in [0, 0.05) is 23.7 Å². The molecule has 0 spiro atoms. The number of carbonyl (C=O) groups is 2. The van der Waals surface area contributed by atoms with Gasteiger partial charge in [-0.05, 0) is 24.3 Å². The van der Waals surface area contributed by atoms with E-state index in [0.29, 0.717) is 41.7 Å². The van der Waals surface area contributed by atoms with Crippen molar-refractivity contribution in [3.8, 4) is 17.2 Å². The molecule has 1 amide bonds. The number of hydrogen-bond acceptors (Lipinski definition) is 6. The first-order valence-corrected chi connectivity index (χ1v) is 8.98. The topological polar surface area (TPSA) is 83.1 Å². The molecule has 2 aromatic carbocycles. The Hall–Kier alpha value is -3.48. The highest BCUT2D eigenvalue weighted by Crippen LogP contribution is 2.32. The molecule has 0 radical (unpaired) electrons. The second-order valence-corrected chi connectivity index (χ2v) is 6.33. The summed E-state index contributed by atoms with van der Waals surface area (Å²) in [6.45, 7) is 0.868. The van der Waals surface area contributed by atoms with Crippen molar-refractivity contribution in [2.24, 2.45) is 0 Å². The van der Waals surface area contributed by atoms with E-state index in [2.05, 4.69) is 5.32 Å². The van der Waals surface area contributed by atoms with Crippen molar-refractivity contribution in [3.05, 3.63) is 53.6 Å². The van der Waals surface area contributed by atoms with Gasteiger partial charge in [0.15, 0.2) is 18.1 Å². The lowest BCUT2D eigenvalue weighted by Crippen LogP contribution is -2.23. The Morgan fingerprint density at radius 3 is 2.68 bits per heavy atom. The van der Waals surface area contributed by atoms with Crippen molar-refractivity contribution in [2.45, 2.75) is 6.42 Å². The maximum absolute atomic E-state index is 12.2. The fourth-order valence-corrected chi connectivity index (χ4v) is 2.90. The minimum Gasteiger partial charge on any atom is -0.490 e. The highest BCUT2D eigenvalue weighted by atomic mass is 16.5. The summed E-state index contributed by atoms with van der Waals surface area (Å²) in [4.78, 5) is 24.3. The van der Waals surface area contributed by atoms with Gasteiger partial charge >= 0.3 is 5.97 Å². The minimum absolute atomic E-state index is 0.111. The molecule has 0 aromatic heterocycles.